The molecule has 1 aliphatic rings. The van der Waals surface area contributed by atoms with E-state index >= 15 is 0 Å². The maximum Gasteiger partial charge on any atom is 0.131 e. The number of anilines is 2. The third-order valence-electron chi connectivity index (χ3n) is 3.05. The summed E-state index contributed by atoms with van der Waals surface area (Å²) in [5.41, 5.74) is -0.693. The fraction of sp³-hybridized carbons (Fsp3) is 0.667. The molecule has 6 heteroatoms. The lowest BCUT2D eigenvalue weighted by Gasteiger charge is -2.32. The monoisotopic (exact) mass is 252 g/mol. The van der Waals surface area contributed by atoms with Crippen LogP contribution in [0, 0.1) is 0 Å². The molecule has 0 atom stereocenters. The first-order valence-electron chi connectivity index (χ1n) is 6.32. The summed E-state index contributed by atoms with van der Waals surface area (Å²) in [7, 11) is 0. The van der Waals surface area contributed by atoms with Gasteiger partial charge in [0.1, 0.15) is 18.0 Å². The summed E-state index contributed by atoms with van der Waals surface area (Å²) in [5.74, 6) is 1.51. The molecule has 0 aliphatic carbocycles. The summed E-state index contributed by atoms with van der Waals surface area (Å²) in [4.78, 5) is 8.23. The minimum Gasteiger partial charge on any atom is -0.388 e. The molecule has 0 amide bonds. The zero-order valence-electron chi connectivity index (χ0n) is 10.6. The maximum atomic E-state index is 10.3. The van der Waals surface area contributed by atoms with Gasteiger partial charge in [-0.1, -0.05) is 0 Å². The van der Waals surface area contributed by atoms with Gasteiger partial charge in [0.2, 0.25) is 0 Å². The fourth-order valence-electron chi connectivity index (χ4n) is 1.92. The van der Waals surface area contributed by atoms with Crippen molar-refractivity contribution in [2.45, 2.75) is 25.4 Å². The molecule has 1 aromatic rings. The highest BCUT2D eigenvalue weighted by atomic mass is 16.5. The van der Waals surface area contributed by atoms with E-state index < -0.39 is 5.60 Å². The quantitative estimate of drug-likeness (QED) is 0.721. The Labute approximate surface area is 107 Å². The number of nitrogens with one attached hydrogen (secondary N) is 2. The van der Waals surface area contributed by atoms with Crippen LogP contribution in [-0.2, 0) is 4.74 Å². The van der Waals surface area contributed by atoms with Gasteiger partial charge in [0, 0.05) is 45.2 Å². The van der Waals surface area contributed by atoms with E-state index in [1.54, 1.807) is 0 Å². The van der Waals surface area contributed by atoms with E-state index in [1.165, 1.54) is 6.33 Å². The van der Waals surface area contributed by atoms with Crippen LogP contribution in [0.25, 0.3) is 0 Å². The van der Waals surface area contributed by atoms with Crippen molar-refractivity contribution in [3.63, 3.8) is 0 Å². The molecule has 0 bridgehead atoms. The van der Waals surface area contributed by atoms with Crippen LogP contribution in [0.4, 0.5) is 11.6 Å². The van der Waals surface area contributed by atoms with Crippen molar-refractivity contribution in [3.05, 3.63) is 12.4 Å². The zero-order chi connectivity index (χ0) is 12.8. The van der Waals surface area contributed by atoms with Crippen LogP contribution in [0.3, 0.4) is 0 Å². The first-order valence-corrected chi connectivity index (χ1v) is 6.32. The van der Waals surface area contributed by atoms with Crippen molar-refractivity contribution in [1.82, 2.24) is 9.97 Å². The largest absolute Gasteiger partial charge is 0.388 e. The molecule has 3 N–H and O–H groups in total. The lowest BCUT2D eigenvalue weighted by molar-refractivity contribution is -0.0543. The minimum absolute atomic E-state index is 0.485. The van der Waals surface area contributed by atoms with Gasteiger partial charge >= 0.3 is 0 Å². The van der Waals surface area contributed by atoms with Gasteiger partial charge in [0.25, 0.3) is 0 Å². The summed E-state index contributed by atoms with van der Waals surface area (Å²) < 4.78 is 5.24. The molecule has 0 spiro atoms. The summed E-state index contributed by atoms with van der Waals surface area (Å²) in [6.07, 6.45) is 2.82. The van der Waals surface area contributed by atoms with Crippen LogP contribution < -0.4 is 10.6 Å². The molecule has 0 radical (unpaired) electrons. The van der Waals surface area contributed by atoms with Gasteiger partial charge in [-0.15, -0.1) is 0 Å². The van der Waals surface area contributed by atoms with Crippen molar-refractivity contribution in [2.75, 3.05) is 36.9 Å². The standard InChI is InChI=1S/C12H20N4O2/c1-2-13-10-7-11(16-9-15-10)14-8-12(17)3-5-18-6-4-12/h7,9,17H,2-6,8H2,1H3,(H2,13,14,15,16). The molecule has 0 aromatic carbocycles. The van der Waals surface area contributed by atoms with Crippen LogP contribution in [0.1, 0.15) is 19.8 Å². The van der Waals surface area contributed by atoms with Gasteiger partial charge in [-0.3, -0.25) is 0 Å². The molecular weight excluding hydrogens is 232 g/mol. The van der Waals surface area contributed by atoms with Crippen molar-refractivity contribution in [1.29, 1.82) is 0 Å². The minimum atomic E-state index is -0.693. The topological polar surface area (TPSA) is 79.3 Å². The van der Waals surface area contributed by atoms with Crippen LogP contribution in [-0.4, -0.2) is 47.0 Å². The molecule has 1 saturated heterocycles. The lowest BCUT2D eigenvalue weighted by atomic mass is 9.94. The SMILES string of the molecule is CCNc1cc(NCC2(O)CCOCC2)ncn1. The average molecular weight is 252 g/mol. The number of ether oxygens (including phenoxy) is 1. The normalized spacial score (nSPS) is 18.3. The number of aromatic nitrogens is 2. The lowest BCUT2D eigenvalue weighted by Crippen LogP contribution is -2.42. The Kier molecular flexibility index (Phi) is 4.33. The third-order valence-corrected chi connectivity index (χ3v) is 3.05. The molecule has 2 heterocycles. The van der Waals surface area contributed by atoms with Gasteiger partial charge in [-0.25, -0.2) is 9.97 Å². The first-order chi connectivity index (χ1) is 8.72. The Morgan fingerprint density at radius 1 is 1.28 bits per heavy atom. The summed E-state index contributed by atoms with van der Waals surface area (Å²) in [5, 5.41) is 16.6. The Bertz CT molecular complexity index is 380. The van der Waals surface area contributed by atoms with Gasteiger partial charge in [0.05, 0.1) is 5.60 Å². The summed E-state index contributed by atoms with van der Waals surface area (Å²) >= 11 is 0. The summed E-state index contributed by atoms with van der Waals surface area (Å²) in [6, 6.07) is 1.84. The third kappa shape index (κ3) is 3.54. The predicted molar refractivity (Wildman–Crippen MR) is 69.7 cm³/mol. The van der Waals surface area contributed by atoms with Crippen molar-refractivity contribution in [3.8, 4) is 0 Å². The second kappa shape index (κ2) is 5.97. The number of rotatable bonds is 5. The van der Waals surface area contributed by atoms with Crippen LogP contribution in [0.5, 0.6) is 0 Å². The second-order valence-electron chi connectivity index (χ2n) is 4.51. The van der Waals surface area contributed by atoms with E-state index in [9.17, 15) is 5.11 Å². The highest BCUT2D eigenvalue weighted by Crippen LogP contribution is 2.21. The van der Waals surface area contributed by atoms with Gasteiger partial charge < -0.3 is 20.5 Å². The first kappa shape index (κ1) is 13.0. The highest BCUT2D eigenvalue weighted by molar-refractivity contribution is 5.46. The molecule has 0 unspecified atom stereocenters. The van der Waals surface area contributed by atoms with Gasteiger partial charge in [-0.05, 0) is 6.92 Å². The summed E-state index contributed by atoms with van der Waals surface area (Å²) in [6.45, 7) is 4.55. The number of aliphatic hydroxyl groups is 1. The van der Waals surface area contributed by atoms with Crippen LogP contribution >= 0.6 is 0 Å². The van der Waals surface area contributed by atoms with Gasteiger partial charge in [-0.2, -0.15) is 0 Å². The van der Waals surface area contributed by atoms with Crippen molar-refractivity contribution >= 4 is 11.6 Å². The second-order valence-corrected chi connectivity index (χ2v) is 4.51. The van der Waals surface area contributed by atoms with Gasteiger partial charge in [0.15, 0.2) is 0 Å². The van der Waals surface area contributed by atoms with Crippen molar-refractivity contribution < 1.29 is 9.84 Å². The number of nitrogens with zero attached hydrogens (tertiary/aromatic N) is 2. The molecule has 1 fully saturated rings. The molecule has 2 rings (SSSR count). The molecule has 0 saturated carbocycles. The van der Waals surface area contributed by atoms with E-state index in [4.69, 9.17) is 4.74 Å². The molecular formula is C12H20N4O2. The van der Waals surface area contributed by atoms with E-state index in [-0.39, 0.29) is 0 Å². The Morgan fingerprint density at radius 3 is 2.61 bits per heavy atom. The molecule has 1 aliphatic heterocycles. The molecule has 1 aromatic heterocycles. The fourth-order valence-corrected chi connectivity index (χ4v) is 1.92. The highest BCUT2D eigenvalue weighted by Gasteiger charge is 2.29. The van der Waals surface area contributed by atoms with E-state index in [1.807, 2.05) is 13.0 Å². The van der Waals surface area contributed by atoms with Crippen molar-refractivity contribution in [2.24, 2.45) is 0 Å². The Morgan fingerprint density at radius 2 is 1.94 bits per heavy atom. The Hall–Kier alpha value is -1.40. The predicted octanol–water partition coefficient (Wildman–Crippen LogP) is 0.862. The number of hydrogen-bond acceptors (Lipinski definition) is 6. The Balaban J connectivity index is 1.90. The zero-order valence-corrected chi connectivity index (χ0v) is 10.6. The van der Waals surface area contributed by atoms with E-state index in [0.717, 1.165) is 18.2 Å². The molecule has 100 valence electrons. The average Bonchev–Trinajstić information content (AvgIpc) is 2.38. The molecule has 18 heavy (non-hydrogen) atoms. The molecule has 6 nitrogen and oxygen atoms in total. The van der Waals surface area contributed by atoms with E-state index in [0.29, 0.717) is 32.6 Å². The number of hydrogen-bond donors (Lipinski definition) is 3. The smallest absolute Gasteiger partial charge is 0.131 e. The maximum absolute atomic E-state index is 10.3. The van der Waals surface area contributed by atoms with Crippen LogP contribution in [0.2, 0.25) is 0 Å². The van der Waals surface area contributed by atoms with E-state index in [2.05, 4.69) is 20.6 Å². The van der Waals surface area contributed by atoms with Crippen LogP contribution in [0.15, 0.2) is 12.4 Å².